The van der Waals surface area contributed by atoms with Crippen LogP contribution in [0.5, 0.6) is 0 Å². The van der Waals surface area contributed by atoms with Gasteiger partial charge in [-0.1, -0.05) is 23.2 Å². The lowest BCUT2D eigenvalue weighted by atomic mass is 10.3. The summed E-state index contributed by atoms with van der Waals surface area (Å²) in [6, 6.07) is 6.89. The van der Waals surface area contributed by atoms with Crippen LogP contribution in [-0.2, 0) is 10.0 Å². The number of rotatable bonds is 3. The molecular formula is C10H8Cl2N4O2S. The first kappa shape index (κ1) is 13.9. The first-order chi connectivity index (χ1) is 8.88. The van der Waals surface area contributed by atoms with E-state index in [2.05, 4.69) is 14.9 Å². The van der Waals surface area contributed by atoms with Gasteiger partial charge < -0.3 is 5.73 Å². The maximum atomic E-state index is 12.1. The van der Waals surface area contributed by atoms with E-state index in [9.17, 15) is 8.42 Å². The van der Waals surface area contributed by atoms with Gasteiger partial charge in [0.15, 0.2) is 11.0 Å². The molecule has 9 heteroatoms. The zero-order valence-corrected chi connectivity index (χ0v) is 11.7. The Morgan fingerprint density at radius 3 is 2.42 bits per heavy atom. The Bertz CT molecular complexity index is 704. The van der Waals surface area contributed by atoms with E-state index in [-0.39, 0.29) is 21.6 Å². The van der Waals surface area contributed by atoms with Gasteiger partial charge >= 0.3 is 0 Å². The van der Waals surface area contributed by atoms with Crippen LogP contribution in [0.2, 0.25) is 10.2 Å². The second-order valence-corrected chi connectivity index (χ2v) is 6.00. The number of sulfonamides is 1. The predicted molar refractivity (Wildman–Crippen MR) is 73.7 cm³/mol. The standard InChI is InChI=1S/C10H8Cl2N4O2S/c11-6-1-2-8(7(13)5-6)19(17,18)16-10-4-3-9(12)14-15-10/h1-5H,13H2,(H,15,16). The number of anilines is 2. The van der Waals surface area contributed by atoms with E-state index in [0.717, 1.165) is 0 Å². The normalized spacial score (nSPS) is 11.3. The highest BCUT2D eigenvalue weighted by Crippen LogP contribution is 2.24. The van der Waals surface area contributed by atoms with Gasteiger partial charge in [-0.3, -0.25) is 4.72 Å². The lowest BCUT2D eigenvalue weighted by Gasteiger charge is -2.09. The van der Waals surface area contributed by atoms with Crippen LogP contribution >= 0.6 is 23.2 Å². The van der Waals surface area contributed by atoms with Crippen LogP contribution in [0, 0.1) is 0 Å². The summed E-state index contributed by atoms with van der Waals surface area (Å²) in [6.07, 6.45) is 0. The summed E-state index contributed by atoms with van der Waals surface area (Å²) in [5, 5.41) is 7.64. The van der Waals surface area contributed by atoms with Crippen LogP contribution in [0.1, 0.15) is 0 Å². The minimum absolute atomic E-state index is 0.0405. The average molecular weight is 319 g/mol. The molecule has 0 amide bonds. The third kappa shape index (κ3) is 3.25. The molecule has 0 bridgehead atoms. The third-order valence-corrected chi connectivity index (χ3v) is 4.00. The molecule has 0 fully saturated rings. The zero-order valence-electron chi connectivity index (χ0n) is 9.34. The van der Waals surface area contributed by atoms with E-state index in [1.54, 1.807) is 0 Å². The van der Waals surface area contributed by atoms with E-state index < -0.39 is 10.0 Å². The molecule has 3 N–H and O–H groups in total. The highest BCUT2D eigenvalue weighted by atomic mass is 35.5. The third-order valence-electron chi connectivity index (χ3n) is 2.13. The summed E-state index contributed by atoms with van der Waals surface area (Å²) in [4.78, 5) is -0.0892. The molecule has 1 heterocycles. The van der Waals surface area contributed by atoms with Crippen LogP contribution in [-0.4, -0.2) is 18.6 Å². The van der Waals surface area contributed by atoms with Crippen molar-refractivity contribution in [2.75, 3.05) is 10.5 Å². The minimum atomic E-state index is -3.85. The van der Waals surface area contributed by atoms with Crippen molar-refractivity contribution in [2.45, 2.75) is 4.90 Å². The predicted octanol–water partition coefficient (Wildman–Crippen LogP) is 2.17. The van der Waals surface area contributed by atoms with E-state index in [4.69, 9.17) is 28.9 Å². The van der Waals surface area contributed by atoms with Crippen molar-refractivity contribution in [2.24, 2.45) is 0 Å². The number of nitrogens with two attached hydrogens (primary N) is 1. The van der Waals surface area contributed by atoms with E-state index in [1.165, 1.54) is 30.3 Å². The van der Waals surface area contributed by atoms with Crippen molar-refractivity contribution in [1.29, 1.82) is 0 Å². The van der Waals surface area contributed by atoms with Crippen LogP contribution in [0.4, 0.5) is 11.5 Å². The van der Waals surface area contributed by atoms with Gasteiger partial charge in [0.1, 0.15) is 4.90 Å². The lowest BCUT2D eigenvalue weighted by Crippen LogP contribution is -2.15. The summed E-state index contributed by atoms with van der Waals surface area (Å²) >= 11 is 11.3. The Kier molecular flexibility index (Phi) is 3.79. The molecule has 0 saturated carbocycles. The molecule has 0 aliphatic rings. The summed E-state index contributed by atoms with van der Waals surface area (Å²) in [5.74, 6) is 0.0405. The summed E-state index contributed by atoms with van der Waals surface area (Å²) in [5.41, 5.74) is 5.67. The highest BCUT2D eigenvalue weighted by molar-refractivity contribution is 7.92. The van der Waals surface area contributed by atoms with Crippen LogP contribution < -0.4 is 10.5 Å². The zero-order chi connectivity index (χ0) is 14.0. The summed E-state index contributed by atoms with van der Waals surface area (Å²) in [6.45, 7) is 0. The fraction of sp³-hybridized carbons (Fsp3) is 0. The fourth-order valence-electron chi connectivity index (χ4n) is 1.33. The molecule has 0 aliphatic heterocycles. The van der Waals surface area contributed by atoms with Crippen LogP contribution in [0.15, 0.2) is 35.2 Å². The Labute approximate surface area is 119 Å². The van der Waals surface area contributed by atoms with E-state index in [1.807, 2.05) is 0 Å². The highest BCUT2D eigenvalue weighted by Gasteiger charge is 2.18. The number of halogens is 2. The average Bonchev–Trinajstić information content (AvgIpc) is 2.31. The topological polar surface area (TPSA) is 98.0 Å². The number of nitrogens with zero attached hydrogens (tertiary/aromatic N) is 2. The number of benzene rings is 1. The molecule has 1 aromatic heterocycles. The van der Waals surface area contributed by atoms with Crippen molar-refractivity contribution >= 4 is 44.7 Å². The van der Waals surface area contributed by atoms with Gasteiger partial charge in [0.05, 0.1) is 5.69 Å². The van der Waals surface area contributed by atoms with Gasteiger partial charge in [0.25, 0.3) is 10.0 Å². The second-order valence-electron chi connectivity index (χ2n) is 3.53. The number of aromatic nitrogens is 2. The summed E-state index contributed by atoms with van der Waals surface area (Å²) < 4.78 is 26.4. The molecule has 2 aromatic rings. The fourth-order valence-corrected chi connectivity index (χ4v) is 2.72. The number of hydrogen-bond acceptors (Lipinski definition) is 5. The molecule has 0 radical (unpaired) electrons. The molecule has 0 atom stereocenters. The number of hydrogen-bond donors (Lipinski definition) is 2. The molecule has 0 saturated heterocycles. The SMILES string of the molecule is Nc1cc(Cl)ccc1S(=O)(=O)Nc1ccc(Cl)nn1. The monoisotopic (exact) mass is 318 g/mol. The first-order valence-corrected chi connectivity index (χ1v) is 7.19. The Balaban J connectivity index is 2.35. The van der Waals surface area contributed by atoms with Gasteiger partial charge in [-0.15, -0.1) is 10.2 Å². The van der Waals surface area contributed by atoms with Crippen molar-refractivity contribution in [3.8, 4) is 0 Å². The molecule has 1 aromatic carbocycles. The van der Waals surface area contributed by atoms with Gasteiger partial charge in [-0.05, 0) is 30.3 Å². The molecule has 2 rings (SSSR count). The van der Waals surface area contributed by atoms with Gasteiger partial charge in [0, 0.05) is 5.02 Å². The molecule has 6 nitrogen and oxygen atoms in total. The van der Waals surface area contributed by atoms with Gasteiger partial charge in [-0.25, -0.2) is 8.42 Å². The van der Waals surface area contributed by atoms with Gasteiger partial charge in [0.2, 0.25) is 0 Å². The molecule has 0 spiro atoms. The van der Waals surface area contributed by atoms with Crippen LogP contribution in [0.25, 0.3) is 0 Å². The maximum absolute atomic E-state index is 12.1. The molecular weight excluding hydrogens is 311 g/mol. The van der Waals surface area contributed by atoms with Crippen molar-refractivity contribution in [3.63, 3.8) is 0 Å². The lowest BCUT2D eigenvalue weighted by molar-refractivity contribution is 0.601. The molecule has 19 heavy (non-hydrogen) atoms. The smallest absolute Gasteiger partial charge is 0.265 e. The minimum Gasteiger partial charge on any atom is -0.398 e. The van der Waals surface area contributed by atoms with Gasteiger partial charge in [-0.2, -0.15) is 0 Å². The second kappa shape index (κ2) is 5.20. The maximum Gasteiger partial charge on any atom is 0.265 e. The Hall–Kier alpha value is -1.57. The summed E-state index contributed by atoms with van der Waals surface area (Å²) in [7, 11) is -3.85. The number of nitrogen functional groups attached to an aromatic ring is 1. The Morgan fingerprint density at radius 1 is 1.11 bits per heavy atom. The van der Waals surface area contributed by atoms with Crippen molar-refractivity contribution in [3.05, 3.63) is 40.5 Å². The quantitative estimate of drug-likeness (QED) is 0.845. The van der Waals surface area contributed by atoms with Crippen LogP contribution in [0.3, 0.4) is 0 Å². The largest absolute Gasteiger partial charge is 0.398 e. The van der Waals surface area contributed by atoms with E-state index >= 15 is 0 Å². The Morgan fingerprint density at radius 2 is 1.84 bits per heavy atom. The molecule has 0 unspecified atom stereocenters. The first-order valence-electron chi connectivity index (χ1n) is 4.95. The number of nitrogens with one attached hydrogen (secondary N) is 1. The molecule has 100 valence electrons. The molecule has 0 aliphatic carbocycles. The van der Waals surface area contributed by atoms with E-state index in [0.29, 0.717) is 5.02 Å². The van der Waals surface area contributed by atoms with Crippen molar-refractivity contribution in [1.82, 2.24) is 10.2 Å². The van der Waals surface area contributed by atoms with Crippen molar-refractivity contribution < 1.29 is 8.42 Å².